The maximum Gasteiger partial charge on any atom is 0.136 e. The van der Waals surface area contributed by atoms with Gasteiger partial charge in [-0.3, -0.25) is 4.68 Å². The molecular formula is C15H18N4O. The molecule has 20 heavy (non-hydrogen) atoms. The molecule has 1 aromatic heterocycles. The van der Waals surface area contributed by atoms with E-state index >= 15 is 0 Å². The molecule has 104 valence electrons. The second kappa shape index (κ2) is 6.73. The van der Waals surface area contributed by atoms with E-state index in [1.165, 1.54) is 5.56 Å². The second-order valence-electron chi connectivity index (χ2n) is 4.60. The van der Waals surface area contributed by atoms with Crippen LogP contribution in [0.1, 0.15) is 16.7 Å². The molecule has 2 rings (SSSR count). The third kappa shape index (κ3) is 3.59. The number of benzene rings is 1. The summed E-state index contributed by atoms with van der Waals surface area (Å²) in [6.07, 6.45) is 4.83. The first kappa shape index (κ1) is 14.1. The summed E-state index contributed by atoms with van der Waals surface area (Å²) in [6.45, 7) is 1.61. The van der Waals surface area contributed by atoms with Gasteiger partial charge in [0.15, 0.2) is 0 Å². The van der Waals surface area contributed by atoms with Crippen LogP contribution >= 0.6 is 0 Å². The predicted octanol–water partition coefficient (Wildman–Crippen LogP) is 1.63. The quantitative estimate of drug-likeness (QED) is 0.810. The maximum atomic E-state index is 9.04. The largest absolute Gasteiger partial charge is 0.495 e. The molecule has 0 amide bonds. The number of methoxy groups -OCH3 is 1. The fraction of sp³-hybridized carbons (Fsp3) is 0.333. The van der Waals surface area contributed by atoms with E-state index in [0.717, 1.165) is 25.1 Å². The molecule has 0 aliphatic carbocycles. The summed E-state index contributed by atoms with van der Waals surface area (Å²) >= 11 is 0. The Hall–Kier alpha value is -2.32. The van der Waals surface area contributed by atoms with Crippen LogP contribution in [0.15, 0.2) is 30.6 Å². The van der Waals surface area contributed by atoms with Crippen molar-refractivity contribution in [3.05, 3.63) is 47.3 Å². The molecule has 0 fully saturated rings. The molecule has 0 spiro atoms. The van der Waals surface area contributed by atoms with Crippen LogP contribution in [0.3, 0.4) is 0 Å². The molecule has 5 heteroatoms. The molecule has 0 unspecified atom stereocenters. The monoisotopic (exact) mass is 270 g/mol. The van der Waals surface area contributed by atoms with Crippen LogP contribution in [-0.4, -0.2) is 23.4 Å². The minimum Gasteiger partial charge on any atom is -0.495 e. The van der Waals surface area contributed by atoms with Crippen LogP contribution in [0.25, 0.3) is 0 Å². The average Bonchev–Trinajstić information content (AvgIpc) is 2.89. The smallest absolute Gasteiger partial charge is 0.136 e. The summed E-state index contributed by atoms with van der Waals surface area (Å²) < 4.78 is 6.93. The molecule has 0 aliphatic heterocycles. The van der Waals surface area contributed by atoms with Crippen LogP contribution in [0.5, 0.6) is 5.75 Å². The van der Waals surface area contributed by atoms with Gasteiger partial charge in [-0.15, -0.1) is 0 Å². The Bertz CT molecular complexity index is 613. The topological polar surface area (TPSA) is 62.9 Å². The summed E-state index contributed by atoms with van der Waals surface area (Å²) in [5.41, 5.74) is 2.86. The van der Waals surface area contributed by atoms with E-state index in [0.29, 0.717) is 11.3 Å². The summed E-state index contributed by atoms with van der Waals surface area (Å²) in [6, 6.07) is 7.80. The van der Waals surface area contributed by atoms with Crippen molar-refractivity contribution in [2.24, 2.45) is 7.05 Å². The number of ether oxygens (including phenoxy) is 1. The number of nitriles is 1. The molecule has 0 radical (unpaired) electrons. The number of nitrogens with one attached hydrogen (secondary N) is 1. The van der Waals surface area contributed by atoms with Crippen molar-refractivity contribution in [3.8, 4) is 11.8 Å². The molecule has 0 saturated heterocycles. The first-order chi connectivity index (χ1) is 9.72. The highest BCUT2D eigenvalue weighted by Crippen LogP contribution is 2.18. The van der Waals surface area contributed by atoms with Crippen molar-refractivity contribution in [1.82, 2.24) is 15.1 Å². The molecular weight excluding hydrogens is 252 g/mol. The van der Waals surface area contributed by atoms with Crippen molar-refractivity contribution >= 4 is 0 Å². The minimum absolute atomic E-state index is 0.569. The van der Waals surface area contributed by atoms with Gasteiger partial charge in [-0.1, -0.05) is 6.07 Å². The molecule has 1 heterocycles. The van der Waals surface area contributed by atoms with E-state index in [1.807, 2.05) is 37.6 Å². The number of hydrogen-bond acceptors (Lipinski definition) is 4. The molecule has 0 bridgehead atoms. The van der Waals surface area contributed by atoms with Crippen molar-refractivity contribution in [3.63, 3.8) is 0 Å². The highest BCUT2D eigenvalue weighted by atomic mass is 16.5. The molecule has 0 saturated carbocycles. The molecule has 1 N–H and O–H groups in total. The summed E-state index contributed by atoms with van der Waals surface area (Å²) in [7, 11) is 3.49. The first-order valence-corrected chi connectivity index (χ1v) is 6.48. The van der Waals surface area contributed by atoms with Gasteiger partial charge >= 0.3 is 0 Å². The Kier molecular flexibility index (Phi) is 4.75. The number of hydrogen-bond donors (Lipinski definition) is 1. The Labute approximate surface area is 118 Å². The van der Waals surface area contributed by atoms with Crippen molar-refractivity contribution in [1.29, 1.82) is 5.26 Å². The SMILES string of the molecule is COc1ccc(CNCCc2cnn(C)c2)cc1C#N. The van der Waals surface area contributed by atoms with Gasteiger partial charge < -0.3 is 10.1 Å². The van der Waals surface area contributed by atoms with Crippen LogP contribution in [0, 0.1) is 11.3 Å². The van der Waals surface area contributed by atoms with Crippen molar-refractivity contribution in [2.45, 2.75) is 13.0 Å². The van der Waals surface area contributed by atoms with Gasteiger partial charge in [-0.2, -0.15) is 10.4 Å². The van der Waals surface area contributed by atoms with E-state index in [2.05, 4.69) is 16.5 Å². The lowest BCUT2D eigenvalue weighted by atomic mass is 10.1. The van der Waals surface area contributed by atoms with Gasteiger partial charge in [0.05, 0.1) is 18.9 Å². The highest BCUT2D eigenvalue weighted by Gasteiger charge is 2.03. The van der Waals surface area contributed by atoms with Gasteiger partial charge in [0, 0.05) is 19.8 Å². The van der Waals surface area contributed by atoms with Crippen LogP contribution in [0.4, 0.5) is 0 Å². The van der Waals surface area contributed by atoms with Gasteiger partial charge in [0.25, 0.3) is 0 Å². The summed E-state index contributed by atoms with van der Waals surface area (Å²) in [5, 5.41) is 16.5. The van der Waals surface area contributed by atoms with Gasteiger partial charge in [-0.05, 0) is 36.2 Å². The van der Waals surface area contributed by atoms with E-state index in [4.69, 9.17) is 10.00 Å². The van der Waals surface area contributed by atoms with Crippen LogP contribution < -0.4 is 10.1 Å². The zero-order valence-electron chi connectivity index (χ0n) is 11.8. The average molecular weight is 270 g/mol. The molecule has 5 nitrogen and oxygen atoms in total. The number of aryl methyl sites for hydroxylation is 1. The zero-order chi connectivity index (χ0) is 14.4. The predicted molar refractivity (Wildman–Crippen MR) is 76.3 cm³/mol. The Morgan fingerprint density at radius 2 is 2.25 bits per heavy atom. The first-order valence-electron chi connectivity index (χ1n) is 6.48. The van der Waals surface area contributed by atoms with E-state index in [-0.39, 0.29) is 0 Å². The van der Waals surface area contributed by atoms with E-state index in [1.54, 1.807) is 11.8 Å². The van der Waals surface area contributed by atoms with E-state index < -0.39 is 0 Å². The molecule has 2 aromatic rings. The third-order valence-corrected chi connectivity index (χ3v) is 3.06. The number of rotatable bonds is 6. The lowest BCUT2D eigenvalue weighted by Gasteiger charge is -2.07. The van der Waals surface area contributed by atoms with Gasteiger partial charge in [0.2, 0.25) is 0 Å². The number of nitrogens with zero attached hydrogens (tertiary/aromatic N) is 3. The Balaban J connectivity index is 1.84. The minimum atomic E-state index is 0.569. The second-order valence-corrected chi connectivity index (χ2v) is 4.60. The zero-order valence-corrected chi connectivity index (χ0v) is 11.8. The van der Waals surface area contributed by atoms with Crippen molar-refractivity contribution in [2.75, 3.05) is 13.7 Å². The fourth-order valence-electron chi connectivity index (χ4n) is 2.02. The normalized spacial score (nSPS) is 10.2. The standard InChI is InChI=1S/C15H18N4O/c1-19-11-13(10-18-19)5-6-17-9-12-3-4-15(20-2)14(7-12)8-16/h3-4,7,10-11,17H,5-6,9H2,1-2H3. The maximum absolute atomic E-state index is 9.04. The lowest BCUT2D eigenvalue weighted by Crippen LogP contribution is -2.16. The van der Waals surface area contributed by atoms with E-state index in [9.17, 15) is 0 Å². The number of aromatic nitrogens is 2. The van der Waals surface area contributed by atoms with Gasteiger partial charge in [0.1, 0.15) is 11.8 Å². The molecule has 0 aliphatic rings. The molecule has 1 aromatic carbocycles. The van der Waals surface area contributed by atoms with Crippen molar-refractivity contribution < 1.29 is 4.74 Å². The Morgan fingerprint density at radius 3 is 2.90 bits per heavy atom. The fourth-order valence-corrected chi connectivity index (χ4v) is 2.02. The molecule has 0 atom stereocenters. The summed E-state index contributed by atoms with van der Waals surface area (Å²) in [4.78, 5) is 0. The third-order valence-electron chi connectivity index (χ3n) is 3.06. The summed E-state index contributed by atoms with van der Waals surface area (Å²) in [5.74, 6) is 0.617. The lowest BCUT2D eigenvalue weighted by molar-refractivity contribution is 0.413. The van der Waals surface area contributed by atoms with Crippen LogP contribution in [-0.2, 0) is 20.0 Å². The van der Waals surface area contributed by atoms with Crippen LogP contribution in [0.2, 0.25) is 0 Å². The van der Waals surface area contributed by atoms with Gasteiger partial charge in [-0.25, -0.2) is 0 Å². The highest BCUT2D eigenvalue weighted by molar-refractivity contribution is 5.45. The Morgan fingerprint density at radius 1 is 1.40 bits per heavy atom.